The van der Waals surface area contributed by atoms with E-state index >= 15 is 0 Å². The maximum atomic E-state index is 10.1. The first kappa shape index (κ1) is 8.40. The zero-order chi connectivity index (χ0) is 8.27. The molecule has 0 saturated carbocycles. The Hall–Kier alpha value is -0.700. The van der Waals surface area contributed by atoms with Crippen LogP contribution in [0.25, 0.3) is 0 Å². The summed E-state index contributed by atoms with van der Waals surface area (Å²) < 4.78 is 0.979. The normalized spacial score (nSPS) is 9.64. The number of aryl methyl sites for hydroxylation is 1. The van der Waals surface area contributed by atoms with E-state index in [2.05, 4.69) is 20.9 Å². The third-order valence-corrected chi connectivity index (χ3v) is 2.21. The van der Waals surface area contributed by atoms with Gasteiger partial charge in [0.1, 0.15) is 6.29 Å². The molecule has 0 spiro atoms. The highest BCUT2D eigenvalue weighted by Crippen LogP contribution is 2.13. The molecule has 0 aliphatic rings. The average Bonchev–Trinajstić information content (AvgIpc) is 1.98. The Balaban J connectivity index is 2.95. The monoisotopic (exact) mass is 213 g/mol. The number of aromatic nitrogens is 1. The Labute approximate surface area is 73.8 Å². The Morgan fingerprint density at radius 1 is 1.64 bits per heavy atom. The van der Waals surface area contributed by atoms with Gasteiger partial charge in [0, 0.05) is 16.6 Å². The zero-order valence-electron chi connectivity index (χ0n) is 6.17. The summed E-state index contributed by atoms with van der Waals surface area (Å²) >= 11 is 3.33. The Morgan fingerprint density at radius 2 is 2.36 bits per heavy atom. The zero-order valence-corrected chi connectivity index (χ0v) is 7.76. The summed E-state index contributed by atoms with van der Waals surface area (Å²) in [5, 5.41) is 0. The number of hydrogen-bond acceptors (Lipinski definition) is 2. The molecule has 3 heteroatoms. The van der Waals surface area contributed by atoms with Crippen LogP contribution in [0.2, 0.25) is 0 Å². The number of carbonyl (C=O) groups excluding carboxylic acids is 1. The van der Waals surface area contributed by atoms with Crippen molar-refractivity contribution < 1.29 is 4.79 Å². The van der Waals surface area contributed by atoms with E-state index < -0.39 is 0 Å². The maximum Gasteiger partial charge on any atom is 0.125 e. The molecule has 0 aliphatic carbocycles. The second-order valence-corrected chi connectivity index (χ2v) is 3.09. The number of rotatable bonds is 2. The summed E-state index contributed by atoms with van der Waals surface area (Å²) in [5.74, 6) is 0. The summed E-state index contributed by atoms with van der Waals surface area (Å²) in [7, 11) is 0. The third-order valence-electron chi connectivity index (χ3n) is 1.37. The largest absolute Gasteiger partial charge is 0.303 e. The number of aldehydes is 1. The lowest BCUT2D eigenvalue weighted by atomic mass is 10.2. The summed E-state index contributed by atoms with van der Waals surface area (Å²) in [6.07, 6.45) is 1.25. The van der Waals surface area contributed by atoms with Crippen LogP contribution in [-0.4, -0.2) is 11.3 Å². The first-order valence-corrected chi connectivity index (χ1v) is 4.09. The second-order valence-electron chi connectivity index (χ2n) is 2.24. The summed E-state index contributed by atoms with van der Waals surface area (Å²) in [6, 6.07) is 3.74. The molecule has 0 atom stereocenters. The van der Waals surface area contributed by atoms with E-state index in [-0.39, 0.29) is 0 Å². The Bertz CT molecular complexity index is 273. The number of carbonyl (C=O) groups is 1. The van der Waals surface area contributed by atoms with E-state index in [0.717, 1.165) is 22.1 Å². The maximum absolute atomic E-state index is 10.1. The van der Waals surface area contributed by atoms with Crippen molar-refractivity contribution in [1.82, 2.24) is 4.98 Å². The highest BCUT2D eigenvalue weighted by Gasteiger charge is 1.97. The topological polar surface area (TPSA) is 30.0 Å². The molecule has 58 valence electrons. The lowest BCUT2D eigenvalue weighted by Gasteiger charge is -1.98. The van der Waals surface area contributed by atoms with E-state index in [1.807, 2.05) is 19.1 Å². The number of nitrogens with zero attached hydrogens (tertiary/aromatic N) is 1. The van der Waals surface area contributed by atoms with Gasteiger partial charge >= 0.3 is 0 Å². The van der Waals surface area contributed by atoms with Gasteiger partial charge in [-0.2, -0.15) is 0 Å². The molecule has 0 N–H and O–H groups in total. The van der Waals surface area contributed by atoms with Crippen molar-refractivity contribution >= 4 is 22.2 Å². The number of hydrogen-bond donors (Lipinski definition) is 0. The van der Waals surface area contributed by atoms with Crippen molar-refractivity contribution in [2.75, 3.05) is 0 Å². The standard InChI is InChI=1S/C8H8BrNO/c1-6-8(9)3-2-7(10-6)4-5-11/h2-3,5H,4H2,1H3. The van der Waals surface area contributed by atoms with Gasteiger partial charge in [-0.05, 0) is 35.0 Å². The van der Waals surface area contributed by atoms with E-state index in [0.29, 0.717) is 6.42 Å². The van der Waals surface area contributed by atoms with Crippen molar-refractivity contribution in [1.29, 1.82) is 0 Å². The molecule has 0 saturated heterocycles. The molecule has 1 heterocycles. The van der Waals surface area contributed by atoms with Gasteiger partial charge in [0.25, 0.3) is 0 Å². The van der Waals surface area contributed by atoms with Gasteiger partial charge < -0.3 is 4.79 Å². The molecule has 0 radical (unpaired) electrons. The third kappa shape index (κ3) is 2.12. The molecular formula is C8H8BrNO. The van der Waals surface area contributed by atoms with Crippen LogP contribution in [0.15, 0.2) is 16.6 Å². The predicted molar refractivity (Wildman–Crippen MR) is 46.4 cm³/mol. The van der Waals surface area contributed by atoms with Gasteiger partial charge in [0.15, 0.2) is 0 Å². The van der Waals surface area contributed by atoms with Crippen LogP contribution in [0.5, 0.6) is 0 Å². The molecule has 1 aromatic rings. The Kier molecular flexibility index (Phi) is 2.76. The van der Waals surface area contributed by atoms with Gasteiger partial charge in [-0.15, -0.1) is 0 Å². The van der Waals surface area contributed by atoms with Crippen LogP contribution in [-0.2, 0) is 11.2 Å². The van der Waals surface area contributed by atoms with Crippen molar-refractivity contribution in [2.24, 2.45) is 0 Å². The summed E-state index contributed by atoms with van der Waals surface area (Å²) in [6.45, 7) is 1.90. The highest BCUT2D eigenvalue weighted by molar-refractivity contribution is 9.10. The van der Waals surface area contributed by atoms with Crippen molar-refractivity contribution in [3.05, 3.63) is 28.0 Å². The van der Waals surface area contributed by atoms with Crippen LogP contribution in [0, 0.1) is 6.92 Å². The number of pyridine rings is 1. The van der Waals surface area contributed by atoms with Crippen LogP contribution < -0.4 is 0 Å². The van der Waals surface area contributed by atoms with Crippen LogP contribution in [0.1, 0.15) is 11.4 Å². The van der Waals surface area contributed by atoms with Gasteiger partial charge in [0.2, 0.25) is 0 Å². The fourth-order valence-corrected chi connectivity index (χ4v) is 1.02. The van der Waals surface area contributed by atoms with Gasteiger partial charge in [-0.3, -0.25) is 4.98 Å². The molecule has 0 aromatic carbocycles. The number of halogens is 1. The van der Waals surface area contributed by atoms with Crippen molar-refractivity contribution in [3.63, 3.8) is 0 Å². The molecule has 0 bridgehead atoms. The molecule has 0 aliphatic heterocycles. The second kappa shape index (κ2) is 3.62. The van der Waals surface area contributed by atoms with Crippen LogP contribution in [0.3, 0.4) is 0 Å². The Morgan fingerprint density at radius 3 is 2.91 bits per heavy atom. The minimum absolute atomic E-state index is 0.397. The van der Waals surface area contributed by atoms with E-state index in [4.69, 9.17) is 0 Å². The van der Waals surface area contributed by atoms with E-state index in [1.165, 1.54) is 0 Å². The van der Waals surface area contributed by atoms with Crippen molar-refractivity contribution in [2.45, 2.75) is 13.3 Å². The molecule has 1 aromatic heterocycles. The summed E-state index contributed by atoms with van der Waals surface area (Å²) in [5.41, 5.74) is 1.74. The quantitative estimate of drug-likeness (QED) is 0.703. The molecular weight excluding hydrogens is 206 g/mol. The lowest BCUT2D eigenvalue weighted by molar-refractivity contribution is -0.107. The van der Waals surface area contributed by atoms with Crippen LogP contribution in [0.4, 0.5) is 0 Å². The molecule has 0 unspecified atom stereocenters. The SMILES string of the molecule is Cc1nc(CC=O)ccc1Br. The molecule has 11 heavy (non-hydrogen) atoms. The first-order valence-electron chi connectivity index (χ1n) is 3.29. The summed E-state index contributed by atoms with van der Waals surface area (Å²) in [4.78, 5) is 14.3. The van der Waals surface area contributed by atoms with Crippen LogP contribution >= 0.6 is 15.9 Å². The fourth-order valence-electron chi connectivity index (χ4n) is 0.795. The lowest BCUT2D eigenvalue weighted by Crippen LogP contribution is -1.93. The minimum Gasteiger partial charge on any atom is -0.303 e. The van der Waals surface area contributed by atoms with Crippen molar-refractivity contribution in [3.8, 4) is 0 Å². The van der Waals surface area contributed by atoms with E-state index in [1.54, 1.807) is 0 Å². The molecule has 0 amide bonds. The first-order chi connectivity index (χ1) is 5.24. The molecule has 1 rings (SSSR count). The van der Waals surface area contributed by atoms with Gasteiger partial charge in [-0.25, -0.2) is 0 Å². The fraction of sp³-hybridized carbons (Fsp3) is 0.250. The predicted octanol–water partition coefficient (Wildman–Crippen LogP) is 1.89. The van der Waals surface area contributed by atoms with Gasteiger partial charge in [-0.1, -0.05) is 0 Å². The smallest absolute Gasteiger partial charge is 0.125 e. The van der Waals surface area contributed by atoms with E-state index in [9.17, 15) is 4.79 Å². The van der Waals surface area contributed by atoms with Gasteiger partial charge in [0.05, 0.1) is 5.69 Å². The molecule has 2 nitrogen and oxygen atoms in total. The molecule has 0 fully saturated rings. The average molecular weight is 214 g/mol. The highest BCUT2D eigenvalue weighted by atomic mass is 79.9. The minimum atomic E-state index is 0.397.